The molecule has 0 aliphatic heterocycles. The number of alkyl halides is 6. The van der Waals surface area contributed by atoms with Crippen LogP contribution in [-0.4, -0.2) is 17.6 Å². The molecule has 0 aliphatic carbocycles. The van der Waals surface area contributed by atoms with Gasteiger partial charge in [0.25, 0.3) is 6.43 Å². The number of rotatable bonds is 4. The summed E-state index contributed by atoms with van der Waals surface area (Å²) in [6, 6.07) is 0.627. The minimum atomic E-state index is -5.14. The molecule has 1 aromatic heterocycles. The second-order valence-electron chi connectivity index (χ2n) is 3.02. The van der Waals surface area contributed by atoms with Crippen LogP contribution in [-0.2, 0) is 5.33 Å². The summed E-state index contributed by atoms with van der Waals surface area (Å²) < 4.78 is 64.5. The van der Waals surface area contributed by atoms with Crippen LogP contribution < -0.4 is 4.74 Å². The first-order valence-corrected chi connectivity index (χ1v) is 5.49. The van der Waals surface area contributed by atoms with Crippen molar-refractivity contribution in [2.24, 2.45) is 0 Å². The van der Waals surface area contributed by atoms with Gasteiger partial charge in [0.2, 0.25) is 5.88 Å². The molecule has 0 fully saturated rings. The van der Waals surface area contributed by atoms with Gasteiger partial charge in [0.15, 0.2) is 6.29 Å². The normalized spacial score (nSPS) is 11.7. The Morgan fingerprint density at radius 2 is 2.06 bits per heavy atom. The number of nitrogens with zero attached hydrogens (tertiary/aromatic N) is 1. The first-order chi connectivity index (χ1) is 8.28. The van der Waals surface area contributed by atoms with E-state index in [1.54, 1.807) is 0 Å². The number of pyridine rings is 1. The quantitative estimate of drug-likeness (QED) is 0.480. The molecule has 0 atom stereocenters. The Hall–Kier alpha value is -1.25. The van der Waals surface area contributed by atoms with Crippen LogP contribution in [0, 0.1) is 0 Å². The largest absolute Gasteiger partial charge is 0.574 e. The first kappa shape index (κ1) is 14.8. The number of ether oxygens (including phenoxy) is 1. The highest BCUT2D eigenvalue weighted by Gasteiger charge is 2.34. The van der Waals surface area contributed by atoms with Crippen molar-refractivity contribution < 1.29 is 31.5 Å². The number of hydrogen-bond donors (Lipinski definition) is 0. The maximum atomic E-state index is 12.5. The highest BCUT2D eigenvalue weighted by Crippen LogP contribution is 2.33. The molecule has 0 N–H and O–H groups in total. The predicted molar refractivity (Wildman–Crippen MR) is 53.9 cm³/mol. The van der Waals surface area contributed by atoms with E-state index in [2.05, 4.69) is 25.7 Å². The van der Waals surface area contributed by atoms with Crippen LogP contribution in [0.15, 0.2) is 6.07 Å². The van der Waals surface area contributed by atoms with Gasteiger partial charge in [-0.3, -0.25) is 4.79 Å². The lowest BCUT2D eigenvalue weighted by molar-refractivity contribution is -0.276. The Bertz CT molecular complexity index is 449. The van der Waals surface area contributed by atoms with Gasteiger partial charge < -0.3 is 4.74 Å². The summed E-state index contributed by atoms with van der Waals surface area (Å²) in [5.74, 6) is -1.25. The van der Waals surface area contributed by atoms with Crippen LogP contribution in [0.2, 0.25) is 0 Å². The van der Waals surface area contributed by atoms with Crippen molar-refractivity contribution in [3.05, 3.63) is 22.9 Å². The Labute approximate surface area is 106 Å². The van der Waals surface area contributed by atoms with Crippen LogP contribution in [0.3, 0.4) is 0 Å². The van der Waals surface area contributed by atoms with E-state index in [0.29, 0.717) is 6.07 Å². The smallest absolute Gasteiger partial charge is 0.387 e. The van der Waals surface area contributed by atoms with E-state index in [-0.39, 0.29) is 22.9 Å². The number of aldehydes is 1. The molecule has 0 radical (unpaired) electrons. The first-order valence-electron chi connectivity index (χ1n) is 4.37. The van der Waals surface area contributed by atoms with E-state index < -0.39 is 24.2 Å². The summed E-state index contributed by atoms with van der Waals surface area (Å²) in [4.78, 5) is 13.9. The SMILES string of the molecule is O=Cc1cc(C(F)F)c(OC(F)(F)F)nc1CBr. The lowest BCUT2D eigenvalue weighted by Crippen LogP contribution is -2.20. The van der Waals surface area contributed by atoms with Crippen molar-refractivity contribution in [1.82, 2.24) is 4.98 Å². The summed E-state index contributed by atoms with van der Waals surface area (Å²) in [5.41, 5.74) is -1.43. The predicted octanol–water partition coefficient (Wildman–Crippen LogP) is 3.63. The molecular weight excluding hydrogens is 329 g/mol. The molecule has 0 amide bonds. The number of hydrogen-bond acceptors (Lipinski definition) is 3. The van der Waals surface area contributed by atoms with Gasteiger partial charge in [-0.2, -0.15) is 0 Å². The Morgan fingerprint density at radius 1 is 1.44 bits per heavy atom. The van der Waals surface area contributed by atoms with Crippen molar-refractivity contribution in [3.63, 3.8) is 0 Å². The van der Waals surface area contributed by atoms with Crippen LogP contribution in [0.25, 0.3) is 0 Å². The molecule has 1 aromatic rings. The third-order valence-electron chi connectivity index (χ3n) is 1.83. The minimum absolute atomic E-state index is 0.0706. The number of carbonyl (C=O) groups is 1. The third-order valence-corrected chi connectivity index (χ3v) is 2.36. The molecule has 1 heterocycles. The van der Waals surface area contributed by atoms with E-state index in [9.17, 15) is 26.7 Å². The van der Waals surface area contributed by atoms with E-state index in [1.165, 1.54) is 0 Å². The molecule has 100 valence electrons. The lowest BCUT2D eigenvalue weighted by atomic mass is 10.1. The third kappa shape index (κ3) is 3.62. The zero-order valence-corrected chi connectivity index (χ0v) is 10.1. The maximum absolute atomic E-state index is 12.5. The van der Waals surface area contributed by atoms with E-state index in [1.807, 2.05) is 0 Å². The van der Waals surface area contributed by atoms with E-state index >= 15 is 0 Å². The summed E-state index contributed by atoms with van der Waals surface area (Å²) in [7, 11) is 0. The van der Waals surface area contributed by atoms with Crippen LogP contribution in [0.1, 0.15) is 28.0 Å². The summed E-state index contributed by atoms with van der Waals surface area (Å²) >= 11 is 2.88. The zero-order valence-electron chi connectivity index (χ0n) is 8.47. The van der Waals surface area contributed by atoms with Gasteiger partial charge in [-0.05, 0) is 6.07 Å². The van der Waals surface area contributed by atoms with E-state index in [4.69, 9.17) is 0 Å². The van der Waals surface area contributed by atoms with Crippen molar-refractivity contribution >= 4 is 22.2 Å². The van der Waals surface area contributed by atoms with Gasteiger partial charge in [-0.25, -0.2) is 13.8 Å². The molecule has 3 nitrogen and oxygen atoms in total. The van der Waals surface area contributed by atoms with Crippen molar-refractivity contribution in [3.8, 4) is 5.88 Å². The van der Waals surface area contributed by atoms with Crippen LogP contribution in [0.4, 0.5) is 22.0 Å². The second-order valence-corrected chi connectivity index (χ2v) is 3.58. The zero-order chi connectivity index (χ0) is 13.9. The van der Waals surface area contributed by atoms with Gasteiger partial charge in [0.05, 0.1) is 11.3 Å². The summed E-state index contributed by atoms with van der Waals surface area (Å²) in [5, 5.41) is -0.0706. The molecule has 0 bridgehead atoms. The molecule has 0 aliphatic rings. The topological polar surface area (TPSA) is 39.2 Å². The van der Waals surface area contributed by atoms with Crippen LogP contribution >= 0.6 is 15.9 Å². The Balaban J connectivity index is 3.33. The molecule has 0 unspecified atom stereocenters. The van der Waals surface area contributed by atoms with Gasteiger partial charge in [0.1, 0.15) is 0 Å². The van der Waals surface area contributed by atoms with E-state index in [0.717, 1.165) is 0 Å². The molecule has 0 aromatic carbocycles. The van der Waals surface area contributed by atoms with Gasteiger partial charge in [-0.1, -0.05) is 15.9 Å². The fourth-order valence-electron chi connectivity index (χ4n) is 1.12. The standard InChI is InChI=1S/C9H5BrF5NO2/c10-2-6-4(3-17)1-5(7(11)12)8(16-6)18-9(13,14)15/h1,3,7H,2H2. The molecule has 1 rings (SSSR count). The highest BCUT2D eigenvalue weighted by atomic mass is 79.9. The lowest BCUT2D eigenvalue weighted by Gasteiger charge is -2.13. The highest BCUT2D eigenvalue weighted by molar-refractivity contribution is 9.08. The molecule has 0 spiro atoms. The van der Waals surface area contributed by atoms with Crippen molar-refractivity contribution in [2.75, 3.05) is 0 Å². The van der Waals surface area contributed by atoms with Crippen molar-refractivity contribution in [2.45, 2.75) is 18.1 Å². The molecule has 18 heavy (non-hydrogen) atoms. The van der Waals surface area contributed by atoms with Crippen LogP contribution in [0.5, 0.6) is 5.88 Å². The molecule has 0 saturated carbocycles. The fraction of sp³-hybridized carbons (Fsp3) is 0.333. The Morgan fingerprint density at radius 3 is 2.44 bits per heavy atom. The number of carbonyl (C=O) groups excluding carboxylic acids is 1. The molecule has 9 heteroatoms. The van der Waals surface area contributed by atoms with Crippen molar-refractivity contribution in [1.29, 1.82) is 0 Å². The average molecular weight is 334 g/mol. The monoisotopic (exact) mass is 333 g/mol. The Kier molecular flexibility index (Phi) is 4.60. The van der Waals surface area contributed by atoms with Gasteiger partial charge in [0, 0.05) is 10.9 Å². The van der Waals surface area contributed by atoms with Gasteiger partial charge >= 0.3 is 6.36 Å². The minimum Gasteiger partial charge on any atom is -0.387 e. The van der Waals surface area contributed by atoms with Gasteiger partial charge in [-0.15, -0.1) is 13.2 Å². The fourth-order valence-corrected chi connectivity index (χ4v) is 1.57. The average Bonchev–Trinajstić information content (AvgIpc) is 2.25. The summed E-state index contributed by atoms with van der Waals surface area (Å²) in [6.45, 7) is 0. The summed E-state index contributed by atoms with van der Waals surface area (Å²) in [6.07, 6.45) is -8.15. The number of halogens is 6. The number of aromatic nitrogens is 1. The maximum Gasteiger partial charge on any atom is 0.574 e. The molecule has 0 saturated heterocycles. The second kappa shape index (κ2) is 5.59. The molecular formula is C9H5BrF5NO2.